The van der Waals surface area contributed by atoms with Gasteiger partial charge in [-0.05, 0) is 54.6 Å². The fraction of sp³-hybridized carbons (Fsp3) is 0.500. The summed E-state index contributed by atoms with van der Waals surface area (Å²) in [5, 5.41) is 0. The Balaban J connectivity index is 1.31. The molecule has 3 heteroatoms. The van der Waals surface area contributed by atoms with Gasteiger partial charge < -0.3 is 9.64 Å². The van der Waals surface area contributed by atoms with E-state index in [-0.39, 0.29) is 0 Å². The van der Waals surface area contributed by atoms with Gasteiger partial charge in [-0.1, -0.05) is 49.2 Å². The molecular formula is C24H32N2O. The van der Waals surface area contributed by atoms with Gasteiger partial charge in [0, 0.05) is 32.7 Å². The van der Waals surface area contributed by atoms with Gasteiger partial charge in [-0.3, -0.25) is 4.90 Å². The Labute approximate surface area is 163 Å². The number of hydrogen-bond acceptors (Lipinski definition) is 3. The molecule has 0 bridgehead atoms. The monoisotopic (exact) mass is 364 g/mol. The van der Waals surface area contributed by atoms with Crippen molar-refractivity contribution in [3.8, 4) is 16.9 Å². The van der Waals surface area contributed by atoms with Crippen LogP contribution in [0.5, 0.6) is 5.75 Å². The maximum absolute atomic E-state index is 5.98. The highest BCUT2D eigenvalue weighted by Gasteiger charge is 2.15. The molecular weight excluding hydrogens is 332 g/mol. The highest BCUT2D eigenvalue weighted by atomic mass is 16.5. The molecule has 0 atom stereocenters. The summed E-state index contributed by atoms with van der Waals surface area (Å²) < 4.78 is 5.98. The minimum absolute atomic E-state index is 0.762. The van der Waals surface area contributed by atoms with Crippen molar-refractivity contribution in [2.45, 2.75) is 32.2 Å². The van der Waals surface area contributed by atoms with Gasteiger partial charge in [0.15, 0.2) is 0 Å². The third kappa shape index (κ3) is 5.12. The van der Waals surface area contributed by atoms with E-state index in [0.717, 1.165) is 24.8 Å². The second-order valence-corrected chi connectivity index (χ2v) is 8.26. The molecule has 1 saturated heterocycles. The van der Waals surface area contributed by atoms with Crippen molar-refractivity contribution in [1.29, 1.82) is 0 Å². The summed E-state index contributed by atoms with van der Waals surface area (Å²) in [7, 11) is 2.21. The molecule has 1 heterocycles. The number of ether oxygens (including phenoxy) is 1. The van der Waals surface area contributed by atoms with Crippen molar-refractivity contribution < 1.29 is 4.74 Å². The zero-order valence-electron chi connectivity index (χ0n) is 16.6. The number of rotatable bonds is 6. The van der Waals surface area contributed by atoms with Crippen LogP contribution in [0.3, 0.4) is 0 Å². The summed E-state index contributed by atoms with van der Waals surface area (Å²) in [6.45, 7) is 6.62. The summed E-state index contributed by atoms with van der Waals surface area (Å²) in [6.07, 6.45) is 5.41. The summed E-state index contributed by atoms with van der Waals surface area (Å²) >= 11 is 0. The van der Waals surface area contributed by atoms with Crippen LogP contribution in [-0.2, 0) is 6.54 Å². The van der Waals surface area contributed by atoms with E-state index in [0.29, 0.717) is 0 Å². The lowest BCUT2D eigenvalue weighted by Gasteiger charge is -2.32. The Hall–Kier alpha value is -1.84. The van der Waals surface area contributed by atoms with Gasteiger partial charge >= 0.3 is 0 Å². The first kappa shape index (κ1) is 18.5. The average molecular weight is 365 g/mol. The van der Waals surface area contributed by atoms with Crippen molar-refractivity contribution in [3.05, 3.63) is 54.1 Å². The molecule has 144 valence electrons. The van der Waals surface area contributed by atoms with Crippen molar-refractivity contribution in [1.82, 2.24) is 9.80 Å². The van der Waals surface area contributed by atoms with Crippen LogP contribution in [0.2, 0.25) is 0 Å². The minimum atomic E-state index is 0.762. The molecule has 2 aliphatic rings. The predicted octanol–water partition coefficient (Wildman–Crippen LogP) is 4.67. The van der Waals surface area contributed by atoms with E-state index in [2.05, 4.69) is 65.4 Å². The van der Waals surface area contributed by atoms with Crippen LogP contribution >= 0.6 is 0 Å². The fourth-order valence-electron chi connectivity index (χ4n) is 4.20. The third-order valence-corrected chi connectivity index (χ3v) is 6.10. The molecule has 3 nitrogen and oxygen atoms in total. The third-order valence-electron chi connectivity index (χ3n) is 6.10. The molecule has 0 spiro atoms. The van der Waals surface area contributed by atoms with Crippen molar-refractivity contribution in [2.75, 3.05) is 39.8 Å². The molecule has 0 amide bonds. The molecule has 1 aliphatic heterocycles. The Kier molecular flexibility index (Phi) is 6.10. The molecule has 1 saturated carbocycles. The summed E-state index contributed by atoms with van der Waals surface area (Å²) in [4.78, 5) is 4.95. The van der Waals surface area contributed by atoms with Gasteiger partial charge in [0.2, 0.25) is 0 Å². The number of nitrogens with zero attached hydrogens (tertiary/aromatic N) is 2. The topological polar surface area (TPSA) is 15.7 Å². The average Bonchev–Trinajstić information content (AvgIpc) is 3.23. The molecule has 0 aromatic heterocycles. The van der Waals surface area contributed by atoms with Gasteiger partial charge in [-0.2, -0.15) is 0 Å². The molecule has 2 aromatic rings. The lowest BCUT2D eigenvalue weighted by molar-refractivity contribution is 0.148. The van der Waals surface area contributed by atoms with E-state index >= 15 is 0 Å². The Morgan fingerprint density at radius 3 is 2.04 bits per heavy atom. The summed E-state index contributed by atoms with van der Waals surface area (Å²) in [6, 6.07) is 17.6. The number of piperazine rings is 1. The SMILES string of the molecule is CN1CCN(Cc2ccc(-c3ccc(OCC4CCCC4)cc3)cc2)CC1. The lowest BCUT2D eigenvalue weighted by atomic mass is 10.0. The number of benzene rings is 2. The smallest absolute Gasteiger partial charge is 0.119 e. The van der Waals surface area contributed by atoms with Gasteiger partial charge in [-0.25, -0.2) is 0 Å². The van der Waals surface area contributed by atoms with Crippen molar-refractivity contribution in [2.24, 2.45) is 5.92 Å². The first-order chi connectivity index (χ1) is 13.3. The number of likely N-dealkylation sites (N-methyl/N-ethyl adjacent to an activating group) is 1. The van der Waals surface area contributed by atoms with Gasteiger partial charge in [0.05, 0.1) is 6.61 Å². The van der Waals surface area contributed by atoms with E-state index in [1.54, 1.807) is 0 Å². The molecule has 2 fully saturated rings. The molecule has 27 heavy (non-hydrogen) atoms. The molecule has 0 radical (unpaired) electrons. The zero-order valence-corrected chi connectivity index (χ0v) is 16.6. The zero-order chi connectivity index (χ0) is 18.5. The standard InChI is InChI=1S/C24H32N2O/c1-25-14-16-26(17-15-25)18-20-6-8-22(9-7-20)23-10-12-24(13-11-23)27-19-21-4-2-3-5-21/h6-13,21H,2-5,14-19H2,1H3. The van der Waals surface area contributed by atoms with Crippen LogP contribution < -0.4 is 4.74 Å². The maximum atomic E-state index is 5.98. The first-order valence-corrected chi connectivity index (χ1v) is 10.5. The molecule has 1 aliphatic carbocycles. The second-order valence-electron chi connectivity index (χ2n) is 8.26. The maximum Gasteiger partial charge on any atom is 0.119 e. The summed E-state index contributed by atoms with van der Waals surface area (Å²) in [5.41, 5.74) is 3.94. The Bertz CT molecular complexity index is 696. The van der Waals surface area contributed by atoms with Crippen LogP contribution in [-0.4, -0.2) is 49.6 Å². The largest absolute Gasteiger partial charge is 0.493 e. The predicted molar refractivity (Wildman–Crippen MR) is 112 cm³/mol. The molecule has 0 unspecified atom stereocenters. The molecule has 2 aromatic carbocycles. The van der Waals surface area contributed by atoms with Crippen LogP contribution in [0.15, 0.2) is 48.5 Å². The van der Waals surface area contributed by atoms with E-state index in [1.807, 2.05) is 0 Å². The van der Waals surface area contributed by atoms with Crippen molar-refractivity contribution >= 4 is 0 Å². The second kappa shape index (κ2) is 8.90. The minimum Gasteiger partial charge on any atom is -0.493 e. The first-order valence-electron chi connectivity index (χ1n) is 10.5. The Morgan fingerprint density at radius 2 is 1.41 bits per heavy atom. The fourth-order valence-corrected chi connectivity index (χ4v) is 4.20. The lowest BCUT2D eigenvalue weighted by Crippen LogP contribution is -2.43. The summed E-state index contributed by atoms with van der Waals surface area (Å²) in [5.74, 6) is 1.76. The molecule has 4 rings (SSSR count). The van der Waals surface area contributed by atoms with Gasteiger partial charge in [0.1, 0.15) is 5.75 Å². The quantitative estimate of drug-likeness (QED) is 0.741. The van der Waals surface area contributed by atoms with Gasteiger partial charge in [-0.15, -0.1) is 0 Å². The van der Waals surface area contributed by atoms with Gasteiger partial charge in [0.25, 0.3) is 0 Å². The van der Waals surface area contributed by atoms with Crippen LogP contribution in [0.1, 0.15) is 31.2 Å². The van der Waals surface area contributed by atoms with Crippen LogP contribution in [0.25, 0.3) is 11.1 Å². The van der Waals surface area contributed by atoms with E-state index in [4.69, 9.17) is 4.74 Å². The van der Waals surface area contributed by atoms with Crippen LogP contribution in [0.4, 0.5) is 0 Å². The van der Waals surface area contributed by atoms with Crippen molar-refractivity contribution in [3.63, 3.8) is 0 Å². The highest BCUT2D eigenvalue weighted by molar-refractivity contribution is 5.64. The van der Waals surface area contributed by atoms with E-state index in [9.17, 15) is 0 Å². The Morgan fingerprint density at radius 1 is 0.815 bits per heavy atom. The molecule has 0 N–H and O–H groups in total. The number of hydrogen-bond donors (Lipinski definition) is 0. The normalized spacial score (nSPS) is 19.4. The van der Waals surface area contributed by atoms with E-state index < -0.39 is 0 Å². The highest BCUT2D eigenvalue weighted by Crippen LogP contribution is 2.27. The van der Waals surface area contributed by atoms with E-state index in [1.165, 1.54) is 68.6 Å². The van der Waals surface area contributed by atoms with Crippen LogP contribution in [0, 0.1) is 5.92 Å².